The summed E-state index contributed by atoms with van der Waals surface area (Å²) in [5, 5.41) is 3.07. The molecular formula is C10H12BrNO2. The summed E-state index contributed by atoms with van der Waals surface area (Å²) in [5.74, 6) is 0.734. The van der Waals surface area contributed by atoms with Crippen molar-refractivity contribution in [2.24, 2.45) is 0 Å². The molecule has 1 N–H and O–H groups in total. The third-order valence-electron chi connectivity index (χ3n) is 1.83. The highest BCUT2D eigenvalue weighted by molar-refractivity contribution is 9.09. The zero-order valence-corrected chi connectivity index (χ0v) is 9.72. The van der Waals surface area contributed by atoms with Crippen molar-refractivity contribution in [2.75, 3.05) is 17.8 Å². The van der Waals surface area contributed by atoms with Crippen LogP contribution in [0.25, 0.3) is 0 Å². The molecule has 0 saturated heterocycles. The van der Waals surface area contributed by atoms with Gasteiger partial charge >= 0.3 is 0 Å². The lowest BCUT2D eigenvalue weighted by molar-refractivity contribution is -0.113. The number of carbonyl (C=O) groups excluding carboxylic acids is 1. The van der Waals surface area contributed by atoms with Gasteiger partial charge in [-0.15, -0.1) is 0 Å². The van der Waals surface area contributed by atoms with E-state index in [1.165, 1.54) is 0 Å². The Balaban J connectivity index is 2.83. The van der Waals surface area contributed by atoms with Crippen LogP contribution in [0, 0.1) is 6.92 Å². The Morgan fingerprint density at radius 1 is 1.57 bits per heavy atom. The monoisotopic (exact) mass is 257 g/mol. The van der Waals surface area contributed by atoms with E-state index in [1.807, 2.05) is 25.1 Å². The van der Waals surface area contributed by atoms with Crippen molar-refractivity contribution in [1.82, 2.24) is 0 Å². The van der Waals surface area contributed by atoms with Crippen LogP contribution in [0.1, 0.15) is 5.56 Å². The molecule has 0 aromatic heterocycles. The first kappa shape index (κ1) is 11.0. The Bertz CT molecular complexity index is 339. The van der Waals surface area contributed by atoms with Crippen LogP contribution >= 0.6 is 15.9 Å². The van der Waals surface area contributed by atoms with Crippen LogP contribution in [-0.4, -0.2) is 18.3 Å². The molecule has 0 spiro atoms. The topological polar surface area (TPSA) is 38.3 Å². The predicted octanol–water partition coefficient (Wildman–Crippen LogP) is 2.34. The summed E-state index contributed by atoms with van der Waals surface area (Å²) in [5.41, 5.74) is 1.80. The first-order chi connectivity index (χ1) is 6.67. The highest BCUT2D eigenvalue weighted by atomic mass is 79.9. The van der Waals surface area contributed by atoms with Gasteiger partial charge in [0.25, 0.3) is 0 Å². The highest BCUT2D eigenvalue weighted by Crippen LogP contribution is 2.20. The van der Waals surface area contributed by atoms with E-state index in [2.05, 4.69) is 21.2 Å². The lowest BCUT2D eigenvalue weighted by Crippen LogP contribution is -2.13. The van der Waals surface area contributed by atoms with Gasteiger partial charge in [-0.1, -0.05) is 15.9 Å². The molecule has 0 radical (unpaired) electrons. The number of aryl methyl sites for hydroxylation is 1. The van der Waals surface area contributed by atoms with Gasteiger partial charge in [0.15, 0.2) is 0 Å². The Hall–Kier alpha value is -1.03. The van der Waals surface area contributed by atoms with Crippen molar-refractivity contribution in [3.8, 4) is 5.75 Å². The van der Waals surface area contributed by atoms with Gasteiger partial charge in [0, 0.05) is 5.69 Å². The van der Waals surface area contributed by atoms with E-state index in [4.69, 9.17) is 4.74 Å². The zero-order chi connectivity index (χ0) is 10.6. The van der Waals surface area contributed by atoms with Gasteiger partial charge in [-0.05, 0) is 30.7 Å². The number of alkyl halides is 1. The second kappa shape index (κ2) is 5.00. The van der Waals surface area contributed by atoms with Crippen LogP contribution in [0.2, 0.25) is 0 Å². The molecule has 0 heterocycles. The normalized spacial score (nSPS) is 9.64. The van der Waals surface area contributed by atoms with E-state index in [-0.39, 0.29) is 5.91 Å². The second-order valence-corrected chi connectivity index (χ2v) is 3.42. The van der Waals surface area contributed by atoms with Crippen LogP contribution in [0.3, 0.4) is 0 Å². The lowest BCUT2D eigenvalue weighted by Gasteiger charge is -2.08. The number of hydrogen-bond donors (Lipinski definition) is 1. The molecular weight excluding hydrogens is 246 g/mol. The standard InChI is InChI=1S/C10H12BrNO2/c1-7-5-8(14-2)3-4-9(7)12-10(13)6-11/h3-5H,6H2,1-2H3,(H,12,13). The molecule has 1 amide bonds. The molecule has 0 saturated carbocycles. The zero-order valence-electron chi connectivity index (χ0n) is 8.13. The molecule has 0 atom stereocenters. The molecule has 1 aromatic carbocycles. The van der Waals surface area contributed by atoms with E-state index >= 15 is 0 Å². The van der Waals surface area contributed by atoms with Crippen molar-refractivity contribution < 1.29 is 9.53 Å². The molecule has 1 aromatic rings. The number of nitrogens with one attached hydrogen (secondary N) is 1. The molecule has 3 nitrogen and oxygen atoms in total. The molecule has 0 aliphatic heterocycles. The van der Waals surface area contributed by atoms with E-state index in [0.717, 1.165) is 17.0 Å². The van der Waals surface area contributed by atoms with Crippen LogP contribution in [-0.2, 0) is 4.79 Å². The second-order valence-electron chi connectivity index (χ2n) is 2.86. The van der Waals surface area contributed by atoms with Gasteiger partial charge in [0.2, 0.25) is 5.91 Å². The highest BCUT2D eigenvalue weighted by Gasteiger charge is 2.03. The number of carbonyl (C=O) groups is 1. The minimum absolute atomic E-state index is 0.0572. The molecule has 4 heteroatoms. The van der Waals surface area contributed by atoms with Crippen LogP contribution in [0.4, 0.5) is 5.69 Å². The third kappa shape index (κ3) is 2.73. The summed E-state index contributed by atoms with van der Waals surface area (Å²) in [7, 11) is 1.62. The summed E-state index contributed by atoms with van der Waals surface area (Å²) < 4.78 is 5.06. The summed E-state index contributed by atoms with van der Waals surface area (Å²) in [4.78, 5) is 11.1. The maximum atomic E-state index is 11.1. The smallest absolute Gasteiger partial charge is 0.235 e. The summed E-state index contributed by atoms with van der Waals surface area (Å²) in [6, 6.07) is 5.52. The maximum Gasteiger partial charge on any atom is 0.235 e. The molecule has 14 heavy (non-hydrogen) atoms. The van der Waals surface area contributed by atoms with Gasteiger partial charge in [0.05, 0.1) is 12.4 Å². The summed E-state index contributed by atoms with van der Waals surface area (Å²) in [6.07, 6.45) is 0. The van der Waals surface area contributed by atoms with Gasteiger partial charge in [-0.3, -0.25) is 4.79 Å². The number of halogens is 1. The number of benzene rings is 1. The molecule has 0 fully saturated rings. The van der Waals surface area contributed by atoms with Gasteiger partial charge < -0.3 is 10.1 Å². The Morgan fingerprint density at radius 2 is 2.29 bits per heavy atom. The van der Waals surface area contributed by atoms with Crippen molar-refractivity contribution in [3.63, 3.8) is 0 Å². The van der Waals surface area contributed by atoms with E-state index in [0.29, 0.717) is 5.33 Å². The summed E-state index contributed by atoms with van der Waals surface area (Å²) >= 11 is 3.09. The molecule has 0 aliphatic rings. The molecule has 0 bridgehead atoms. The van der Waals surface area contributed by atoms with Crippen molar-refractivity contribution >= 4 is 27.5 Å². The van der Waals surface area contributed by atoms with Crippen molar-refractivity contribution in [1.29, 1.82) is 0 Å². The number of rotatable bonds is 3. The molecule has 0 unspecified atom stereocenters. The Kier molecular flexibility index (Phi) is 3.95. The first-order valence-corrected chi connectivity index (χ1v) is 5.30. The molecule has 1 rings (SSSR count). The number of amides is 1. The van der Waals surface area contributed by atoms with Crippen LogP contribution < -0.4 is 10.1 Å². The van der Waals surface area contributed by atoms with Crippen molar-refractivity contribution in [3.05, 3.63) is 23.8 Å². The number of ether oxygens (including phenoxy) is 1. The fourth-order valence-electron chi connectivity index (χ4n) is 1.09. The van der Waals surface area contributed by atoms with Crippen LogP contribution in [0.15, 0.2) is 18.2 Å². The fourth-order valence-corrected chi connectivity index (χ4v) is 1.23. The van der Waals surface area contributed by atoms with E-state index < -0.39 is 0 Å². The first-order valence-electron chi connectivity index (χ1n) is 4.18. The average Bonchev–Trinajstić information content (AvgIpc) is 2.20. The third-order valence-corrected chi connectivity index (χ3v) is 2.34. The lowest BCUT2D eigenvalue weighted by atomic mass is 10.2. The van der Waals surface area contributed by atoms with Gasteiger partial charge in [-0.2, -0.15) is 0 Å². The quantitative estimate of drug-likeness (QED) is 0.845. The van der Waals surface area contributed by atoms with Gasteiger partial charge in [-0.25, -0.2) is 0 Å². The minimum Gasteiger partial charge on any atom is -0.497 e. The molecule has 0 aliphatic carbocycles. The Labute approximate surface area is 91.6 Å². The largest absolute Gasteiger partial charge is 0.497 e. The van der Waals surface area contributed by atoms with Gasteiger partial charge in [0.1, 0.15) is 5.75 Å². The van der Waals surface area contributed by atoms with Crippen molar-refractivity contribution in [2.45, 2.75) is 6.92 Å². The van der Waals surface area contributed by atoms with E-state index in [9.17, 15) is 4.79 Å². The molecule has 76 valence electrons. The number of hydrogen-bond acceptors (Lipinski definition) is 2. The average molecular weight is 258 g/mol. The van der Waals surface area contributed by atoms with Crippen LogP contribution in [0.5, 0.6) is 5.75 Å². The minimum atomic E-state index is -0.0572. The van der Waals surface area contributed by atoms with E-state index in [1.54, 1.807) is 7.11 Å². The Morgan fingerprint density at radius 3 is 2.79 bits per heavy atom. The maximum absolute atomic E-state index is 11.1. The summed E-state index contributed by atoms with van der Waals surface area (Å²) in [6.45, 7) is 1.92. The fraction of sp³-hybridized carbons (Fsp3) is 0.300. The predicted molar refractivity (Wildman–Crippen MR) is 60.2 cm³/mol. The number of methoxy groups -OCH3 is 1. The number of anilines is 1. The SMILES string of the molecule is COc1ccc(NC(=O)CBr)c(C)c1.